The maximum atomic E-state index is 13.2. The minimum Gasteiger partial charge on any atom is -0.426 e. The normalized spacial score (nSPS) is 22.1. The number of para-hydroxylation sites is 1. The minimum atomic E-state index is -5.83. The molecule has 6 rings (SSSR count). The van der Waals surface area contributed by atoms with Crippen molar-refractivity contribution in [3.05, 3.63) is 90.3 Å². The van der Waals surface area contributed by atoms with Crippen molar-refractivity contribution in [3.8, 4) is 22.8 Å². The van der Waals surface area contributed by atoms with E-state index in [1.54, 1.807) is 18.0 Å². The van der Waals surface area contributed by atoms with E-state index in [4.69, 9.17) is 5.10 Å². The summed E-state index contributed by atoms with van der Waals surface area (Å²) in [6.45, 7) is 3.90. The highest BCUT2D eigenvalue weighted by molar-refractivity contribution is 8.00. The maximum Gasteiger partial charge on any atom is 0.499 e. The number of hydrazone groups is 1. The van der Waals surface area contributed by atoms with E-state index in [-0.39, 0.29) is 11.5 Å². The summed E-state index contributed by atoms with van der Waals surface area (Å²) in [5, 5.41) is 22.3. The quantitative estimate of drug-likeness (QED) is 0.198. The number of hydrogen-bond acceptors (Lipinski definition) is 8. The molecule has 224 valence electrons. The molecular formula is C29H25F5N6O2S. The number of aliphatic hydroxyl groups is 1. The highest BCUT2D eigenvalue weighted by atomic mass is 32.2. The summed E-state index contributed by atoms with van der Waals surface area (Å²) >= 11 is 1.63. The summed E-state index contributed by atoms with van der Waals surface area (Å²) in [4.78, 5) is 6.29. The van der Waals surface area contributed by atoms with Crippen LogP contribution in [0.1, 0.15) is 31.0 Å². The first-order valence-electron chi connectivity index (χ1n) is 13.1. The van der Waals surface area contributed by atoms with Gasteiger partial charge in [0.25, 0.3) is 0 Å². The Hall–Kier alpha value is -4.17. The van der Waals surface area contributed by atoms with Crippen LogP contribution in [-0.2, 0) is 0 Å². The van der Waals surface area contributed by atoms with E-state index in [1.165, 1.54) is 23.1 Å². The second-order valence-corrected chi connectivity index (χ2v) is 11.4. The van der Waals surface area contributed by atoms with Gasteiger partial charge in [-0.1, -0.05) is 42.5 Å². The molecule has 0 spiro atoms. The molecule has 1 aromatic heterocycles. The molecule has 0 saturated carbocycles. The van der Waals surface area contributed by atoms with Crippen LogP contribution in [0.3, 0.4) is 0 Å². The number of nitrogens with zero attached hydrogens (tertiary/aromatic N) is 6. The molecule has 14 heteroatoms. The number of aromatic nitrogens is 3. The molecule has 2 aliphatic heterocycles. The highest BCUT2D eigenvalue weighted by Gasteiger charge is 2.61. The van der Waals surface area contributed by atoms with Crippen LogP contribution in [0.25, 0.3) is 17.1 Å². The van der Waals surface area contributed by atoms with Crippen LogP contribution in [0.5, 0.6) is 5.75 Å². The van der Waals surface area contributed by atoms with Crippen molar-refractivity contribution in [1.82, 2.24) is 19.8 Å². The van der Waals surface area contributed by atoms with Crippen molar-refractivity contribution in [2.24, 2.45) is 5.10 Å². The Kier molecular flexibility index (Phi) is 7.08. The molecular weight excluding hydrogens is 591 g/mol. The van der Waals surface area contributed by atoms with Gasteiger partial charge in [-0.25, -0.2) is 9.67 Å². The van der Waals surface area contributed by atoms with Gasteiger partial charge in [-0.3, -0.25) is 5.01 Å². The van der Waals surface area contributed by atoms with Crippen LogP contribution < -0.4 is 9.64 Å². The van der Waals surface area contributed by atoms with Gasteiger partial charge in [0.2, 0.25) is 0 Å². The number of fused-ring (bicyclic) bond motifs is 3. The Labute approximate surface area is 247 Å². The Morgan fingerprint density at radius 2 is 1.72 bits per heavy atom. The molecule has 0 radical (unpaired) electrons. The molecule has 8 nitrogen and oxygen atoms in total. The van der Waals surface area contributed by atoms with Gasteiger partial charge in [0, 0.05) is 17.0 Å². The van der Waals surface area contributed by atoms with Gasteiger partial charge in [-0.2, -0.15) is 27.1 Å². The predicted molar refractivity (Wildman–Crippen MR) is 152 cm³/mol. The average molecular weight is 617 g/mol. The smallest absolute Gasteiger partial charge is 0.426 e. The number of alkyl halides is 5. The lowest BCUT2D eigenvalue weighted by atomic mass is 10.0. The molecule has 3 unspecified atom stereocenters. The molecule has 4 aromatic rings. The Morgan fingerprint density at radius 3 is 2.42 bits per heavy atom. The van der Waals surface area contributed by atoms with Crippen molar-refractivity contribution in [3.63, 3.8) is 0 Å². The lowest BCUT2D eigenvalue weighted by Gasteiger charge is -2.47. The molecule has 3 aromatic carbocycles. The number of benzene rings is 3. The van der Waals surface area contributed by atoms with Gasteiger partial charge in [-0.05, 0) is 55.3 Å². The van der Waals surface area contributed by atoms with Crippen molar-refractivity contribution in [2.45, 2.75) is 43.4 Å². The van der Waals surface area contributed by atoms with Gasteiger partial charge in [0.05, 0.1) is 17.9 Å². The monoisotopic (exact) mass is 616 g/mol. The van der Waals surface area contributed by atoms with Crippen molar-refractivity contribution >= 4 is 23.7 Å². The summed E-state index contributed by atoms with van der Waals surface area (Å²) in [7, 11) is 0. The van der Waals surface area contributed by atoms with Crippen LogP contribution in [0.15, 0.2) is 84.2 Å². The Bertz CT molecular complexity index is 1640. The largest absolute Gasteiger partial charge is 0.499 e. The van der Waals surface area contributed by atoms with Crippen molar-refractivity contribution in [1.29, 1.82) is 0 Å². The third-order valence-electron chi connectivity index (χ3n) is 7.19. The standard InChI is InChI=1S/C29H25F5N6O2S/c1-18-23-5-3-4-6-24(23)39-26(43-16-27(39,2)41)40(18)36-15-19-7-9-20(10-8-19)25-35-17-38(37-25)21-11-13-22(14-12-21)42-29(33,34)28(30,31)32/h3-15,17-18,26,41H,16H2,1-2H3/b36-15+. The van der Waals surface area contributed by atoms with Crippen LogP contribution in [-0.4, -0.2) is 60.4 Å². The molecule has 0 aliphatic carbocycles. The highest BCUT2D eigenvalue weighted by Crippen LogP contribution is 2.49. The molecule has 0 amide bonds. The van der Waals surface area contributed by atoms with Crippen molar-refractivity contribution in [2.75, 3.05) is 10.7 Å². The summed E-state index contributed by atoms with van der Waals surface area (Å²) < 4.78 is 68.7. The van der Waals surface area contributed by atoms with E-state index in [9.17, 15) is 27.1 Å². The molecule has 3 heterocycles. The van der Waals surface area contributed by atoms with E-state index >= 15 is 0 Å². The molecule has 2 aliphatic rings. The summed E-state index contributed by atoms with van der Waals surface area (Å²) in [6.07, 6.45) is -7.97. The zero-order valence-corrected chi connectivity index (χ0v) is 23.6. The fourth-order valence-electron chi connectivity index (χ4n) is 4.98. The van der Waals surface area contributed by atoms with Gasteiger partial charge < -0.3 is 14.7 Å². The fraction of sp³-hybridized carbons (Fsp3) is 0.276. The van der Waals surface area contributed by atoms with Crippen molar-refractivity contribution < 1.29 is 31.8 Å². The van der Waals surface area contributed by atoms with Crippen LogP contribution >= 0.6 is 11.8 Å². The number of rotatable bonds is 6. The Balaban J connectivity index is 1.16. The van der Waals surface area contributed by atoms with Gasteiger partial charge in [0.15, 0.2) is 11.3 Å². The molecule has 43 heavy (non-hydrogen) atoms. The van der Waals surface area contributed by atoms with Crippen LogP contribution in [0, 0.1) is 0 Å². The number of ether oxygens (including phenoxy) is 1. The van der Waals surface area contributed by atoms with Gasteiger partial charge >= 0.3 is 12.3 Å². The SMILES string of the molecule is CC1c2ccccc2N2C(SCC2(C)O)N1/N=C/c1ccc(-c2ncn(-c3ccc(OC(F)(F)C(F)(F)F)cc3)n2)cc1. The first-order valence-corrected chi connectivity index (χ1v) is 14.2. The number of anilines is 1. The first-order chi connectivity index (χ1) is 20.3. The number of thioether (sulfide) groups is 1. The summed E-state index contributed by atoms with van der Waals surface area (Å²) in [6, 6.07) is 20.0. The van der Waals surface area contributed by atoms with Crippen LogP contribution in [0.2, 0.25) is 0 Å². The third-order valence-corrected chi connectivity index (χ3v) is 8.63. The zero-order chi connectivity index (χ0) is 30.6. The molecule has 1 N–H and O–H groups in total. The van der Waals surface area contributed by atoms with Crippen LogP contribution in [0.4, 0.5) is 27.6 Å². The number of hydrogen-bond donors (Lipinski definition) is 1. The topological polar surface area (TPSA) is 79.0 Å². The van der Waals surface area contributed by atoms with E-state index < -0.39 is 23.8 Å². The first kappa shape index (κ1) is 28.9. The van der Waals surface area contributed by atoms with Gasteiger partial charge in [-0.15, -0.1) is 16.9 Å². The predicted octanol–water partition coefficient (Wildman–Crippen LogP) is 6.42. The second kappa shape index (κ2) is 10.5. The number of halogens is 5. The fourth-order valence-corrected chi connectivity index (χ4v) is 6.47. The Morgan fingerprint density at radius 1 is 1.02 bits per heavy atom. The molecule has 0 bridgehead atoms. The van der Waals surface area contributed by atoms with E-state index in [0.717, 1.165) is 28.9 Å². The molecule has 1 saturated heterocycles. The lowest BCUT2D eigenvalue weighted by molar-refractivity contribution is -0.360. The lowest BCUT2D eigenvalue weighted by Crippen LogP contribution is -2.54. The third kappa shape index (κ3) is 5.40. The zero-order valence-electron chi connectivity index (χ0n) is 22.8. The van der Waals surface area contributed by atoms with E-state index in [0.29, 0.717) is 22.8 Å². The second-order valence-electron chi connectivity index (χ2n) is 10.3. The maximum absolute atomic E-state index is 13.2. The van der Waals surface area contributed by atoms with E-state index in [1.807, 2.05) is 65.4 Å². The summed E-state index contributed by atoms with van der Waals surface area (Å²) in [5.74, 6) is 0.288. The van der Waals surface area contributed by atoms with Gasteiger partial charge in [0.1, 0.15) is 17.8 Å². The minimum absolute atomic E-state index is 0.00991. The summed E-state index contributed by atoms with van der Waals surface area (Å²) in [5.41, 5.74) is 2.85. The van der Waals surface area contributed by atoms with E-state index in [2.05, 4.69) is 21.7 Å². The molecule has 3 atom stereocenters. The molecule has 1 fully saturated rings. The average Bonchev–Trinajstić information content (AvgIpc) is 3.58.